The summed E-state index contributed by atoms with van der Waals surface area (Å²) in [5, 5.41) is 17.6. The van der Waals surface area contributed by atoms with Crippen LogP contribution in [0.1, 0.15) is 10.4 Å². The number of aromatic hydroxyl groups is 1. The fraction of sp³-hybridized carbons (Fsp3) is 0.188. The van der Waals surface area contributed by atoms with Gasteiger partial charge in [-0.2, -0.15) is 0 Å². The van der Waals surface area contributed by atoms with E-state index >= 15 is 0 Å². The zero-order valence-electron chi connectivity index (χ0n) is 12.6. The van der Waals surface area contributed by atoms with Crippen molar-refractivity contribution in [2.24, 2.45) is 0 Å². The van der Waals surface area contributed by atoms with E-state index in [1.807, 2.05) is 0 Å². The zero-order valence-corrected chi connectivity index (χ0v) is 12.6. The fourth-order valence-electron chi connectivity index (χ4n) is 1.65. The minimum atomic E-state index is -0.879. The van der Waals surface area contributed by atoms with Crippen molar-refractivity contribution in [3.63, 3.8) is 0 Å². The van der Waals surface area contributed by atoms with Gasteiger partial charge in [-0.3, -0.25) is 0 Å². The summed E-state index contributed by atoms with van der Waals surface area (Å²) < 4.78 is 15.0. The summed E-state index contributed by atoms with van der Waals surface area (Å²) in [6.07, 6.45) is 0. The van der Waals surface area contributed by atoms with Crippen LogP contribution in [0.25, 0.3) is 0 Å². The van der Waals surface area contributed by atoms with Gasteiger partial charge in [0.15, 0.2) is 11.5 Å². The zero-order chi connectivity index (χ0) is 16.5. The Morgan fingerprint density at radius 3 is 1.73 bits per heavy atom. The molecule has 0 amide bonds. The smallest absolute Gasteiger partial charge is 0.335 e. The van der Waals surface area contributed by atoms with Crippen LogP contribution in [0, 0.1) is 0 Å². The van der Waals surface area contributed by atoms with Gasteiger partial charge in [0.05, 0.1) is 26.9 Å². The Balaban J connectivity index is 0.000000235. The Bertz CT molecular complexity index is 584. The number of aromatic carboxylic acids is 1. The molecule has 0 radical (unpaired) electrons. The molecule has 22 heavy (non-hydrogen) atoms. The van der Waals surface area contributed by atoms with Gasteiger partial charge in [0.2, 0.25) is 5.75 Å². The molecule has 0 aliphatic heterocycles. The predicted molar refractivity (Wildman–Crippen MR) is 81.2 cm³/mol. The predicted octanol–water partition coefficient (Wildman–Crippen LogP) is 2.80. The Morgan fingerprint density at radius 2 is 1.41 bits per heavy atom. The number of hydrogen-bond donors (Lipinski definition) is 2. The molecule has 0 aliphatic carbocycles. The van der Waals surface area contributed by atoms with E-state index in [9.17, 15) is 9.90 Å². The maximum Gasteiger partial charge on any atom is 0.335 e. The molecule has 0 spiro atoms. The van der Waals surface area contributed by atoms with Crippen LogP contribution in [-0.4, -0.2) is 37.5 Å². The highest BCUT2D eigenvalue weighted by molar-refractivity contribution is 5.87. The van der Waals surface area contributed by atoms with Gasteiger partial charge in [-0.05, 0) is 12.1 Å². The van der Waals surface area contributed by atoms with E-state index in [0.717, 1.165) is 0 Å². The van der Waals surface area contributed by atoms with Crippen molar-refractivity contribution in [1.29, 1.82) is 0 Å². The molecule has 118 valence electrons. The van der Waals surface area contributed by atoms with Crippen LogP contribution in [0.4, 0.5) is 0 Å². The first kappa shape index (κ1) is 17.2. The lowest BCUT2D eigenvalue weighted by Gasteiger charge is -2.11. The number of hydrogen-bond acceptors (Lipinski definition) is 5. The number of rotatable bonds is 4. The van der Waals surface area contributed by atoms with Crippen molar-refractivity contribution in [1.82, 2.24) is 0 Å². The van der Waals surface area contributed by atoms with Gasteiger partial charge in [0, 0.05) is 12.1 Å². The minimum Gasteiger partial charge on any atom is -0.508 e. The number of methoxy groups -OCH3 is 3. The van der Waals surface area contributed by atoms with Crippen molar-refractivity contribution in [3.05, 3.63) is 48.0 Å². The van der Waals surface area contributed by atoms with E-state index in [1.54, 1.807) is 30.3 Å². The van der Waals surface area contributed by atoms with Crippen LogP contribution in [0.3, 0.4) is 0 Å². The maximum absolute atomic E-state index is 10.2. The quantitative estimate of drug-likeness (QED) is 0.903. The lowest BCUT2D eigenvalue weighted by Crippen LogP contribution is -1.94. The van der Waals surface area contributed by atoms with E-state index in [-0.39, 0.29) is 5.75 Å². The molecule has 6 nitrogen and oxygen atoms in total. The lowest BCUT2D eigenvalue weighted by atomic mass is 10.2. The van der Waals surface area contributed by atoms with Crippen LogP contribution in [-0.2, 0) is 0 Å². The average molecular weight is 306 g/mol. The number of carbonyl (C=O) groups is 1. The summed E-state index contributed by atoms with van der Waals surface area (Å²) in [7, 11) is 4.50. The van der Waals surface area contributed by atoms with Gasteiger partial charge in [-0.25, -0.2) is 4.79 Å². The first-order valence-electron chi connectivity index (χ1n) is 6.30. The summed E-state index contributed by atoms with van der Waals surface area (Å²) in [5.74, 6) is 0.562. The highest BCUT2D eigenvalue weighted by Gasteiger charge is 2.12. The highest BCUT2D eigenvalue weighted by atomic mass is 16.5. The van der Waals surface area contributed by atoms with E-state index in [1.165, 1.54) is 33.5 Å². The van der Waals surface area contributed by atoms with Gasteiger partial charge >= 0.3 is 5.97 Å². The van der Waals surface area contributed by atoms with Gasteiger partial charge < -0.3 is 24.4 Å². The highest BCUT2D eigenvalue weighted by Crippen LogP contribution is 2.40. The van der Waals surface area contributed by atoms with E-state index in [2.05, 4.69) is 0 Å². The average Bonchev–Trinajstić information content (AvgIpc) is 2.55. The first-order valence-corrected chi connectivity index (χ1v) is 6.30. The summed E-state index contributed by atoms with van der Waals surface area (Å²) in [5.41, 5.74) is 0.331. The Labute approximate surface area is 128 Å². The molecule has 0 aromatic heterocycles. The topological polar surface area (TPSA) is 85.2 Å². The molecule has 0 aliphatic rings. The second-order valence-electron chi connectivity index (χ2n) is 4.05. The molecular weight excluding hydrogens is 288 g/mol. The van der Waals surface area contributed by atoms with E-state index < -0.39 is 5.97 Å². The molecule has 0 saturated heterocycles. The second-order valence-corrected chi connectivity index (χ2v) is 4.05. The molecule has 0 heterocycles. The summed E-state index contributed by atoms with van der Waals surface area (Å²) in [4.78, 5) is 10.2. The standard InChI is InChI=1S/C9H12O4.C7H6O2/c1-11-7-4-6(10)5-8(12-2)9(7)13-3;8-7(9)6-4-2-1-3-5-6/h4-5,10H,1-3H3;1-5H,(H,8,9). The Kier molecular flexibility index (Phi) is 6.56. The third-order valence-electron chi connectivity index (χ3n) is 2.67. The molecule has 2 rings (SSSR count). The van der Waals surface area contributed by atoms with Crippen molar-refractivity contribution in [2.75, 3.05) is 21.3 Å². The summed E-state index contributed by atoms with van der Waals surface area (Å²) in [6.45, 7) is 0. The second kappa shape index (κ2) is 8.41. The number of carboxylic acids is 1. The molecule has 0 unspecified atom stereocenters. The van der Waals surface area contributed by atoms with Crippen LogP contribution in [0.15, 0.2) is 42.5 Å². The van der Waals surface area contributed by atoms with E-state index in [0.29, 0.717) is 22.8 Å². The number of ether oxygens (including phenoxy) is 3. The van der Waals surface area contributed by atoms with Crippen molar-refractivity contribution >= 4 is 5.97 Å². The molecule has 0 fully saturated rings. The van der Waals surface area contributed by atoms with Gasteiger partial charge in [0.25, 0.3) is 0 Å². The molecule has 0 saturated carbocycles. The van der Waals surface area contributed by atoms with Crippen LogP contribution < -0.4 is 14.2 Å². The van der Waals surface area contributed by atoms with Gasteiger partial charge in [0.1, 0.15) is 5.75 Å². The normalized spacial score (nSPS) is 9.23. The summed E-state index contributed by atoms with van der Waals surface area (Å²) in [6, 6.07) is 11.2. The first-order chi connectivity index (χ1) is 10.5. The fourth-order valence-corrected chi connectivity index (χ4v) is 1.65. The molecule has 6 heteroatoms. The van der Waals surface area contributed by atoms with Crippen LogP contribution >= 0.6 is 0 Å². The number of phenolic OH excluding ortho intramolecular Hbond substituents is 1. The molecule has 0 atom stereocenters. The largest absolute Gasteiger partial charge is 0.508 e. The minimum absolute atomic E-state index is 0.0782. The van der Waals surface area contributed by atoms with Gasteiger partial charge in [-0.1, -0.05) is 18.2 Å². The third-order valence-corrected chi connectivity index (χ3v) is 2.67. The third kappa shape index (κ3) is 4.59. The van der Waals surface area contributed by atoms with Gasteiger partial charge in [-0.15, -0.1) is 0 Å². The Hall–Kier alpha value is -2.89. The molecule has 0 bridgehead atoms. The Morgan fingerprint density at radius 1 is 0.909 bits per heavy atom. The molecular formula is C16H18O6. The SMILES string of the molecule is COc1cc(O)cc(OC)c1OC.O=C(O)c1ccccc1. The van der Waals surface area contributed by atoms with Crippen molar-refractivity contribution in [3.8, 4) is 23.0 Å². The summed E-state index contributed by atoms with van der Waals surface area (Å²) >= 11 is 0. The van der Waals surface area contributed by atoms with E-state index in [4.69, 9.17) is 19.3 Å². The van der Waals surface area contributed by atoms with Crippen LogP contribution in [0.2, 0.25) is 0 Å². The number of phenols is 1. The van der Waals surface area contributed by atoms with Crippen molar-refractivity contribution < 1.29 is 29.2 Å². The van der Waals surface area contributed by atoms with Crippen molar-refractivity contribution in [2.45, 2.75) is 0 Å². The van der Waals surface area contributed by atoms with Crippen LogP contribution in [0.5, 0.6) is 23.0 Å². The number of carboxylic acid groups (broad SMARTS) is 1. The lowest BCUT2D eigenvalue weighted by molar-refractivity contribution is 0.0697. The molecule has 2 aromatic carbocycles. The maximum atomic E-state index is 10.2. The molecule has 2 N–H and O–H groups in total. The molecule has 2 aromatic rings. The number of benzene rings is 2. The monoisotopic (exact) mass is 306 g/mol.